The standard InChI is InChI=1S/C18H22BrNO/c1-4-13(2)14-5-8-17(9-6-14)21-18-10-7-16(19)11-15(18)12-20-3/h5-11,13,20H,4,12H2,1-3H3. The third kappa shape index (κ3) is 4.32. The Morgan fingerprint density at radius 1 is 1.14 bits per heavy atom. The van der Waals surface area contributed by atoms with Crippen LogP contribution < -0.4 is 10.1 Å². The number of hydrogen-bond donors (Lipinski definition) is 1. The molecular weight excluding hydrogens is 326 g/mol. The lowest BCUT2D eigenvalue weighted by Crippen LogP contribution is -2.06. The van der Waals surface area contributed by atoms with Gasteiger partial charge in [0.15, 0.2) is 0 Å². The highest BCUT2D eigenvalue weighted by Crippen LogP contribution is 2.29. The molecule has 0 radical (unpaired) electrons. The molecule has 1 atom stereocenters. The highest BCUT2D eigenvalue weighted by molar-refractivity contribution is 9.10. The Balaban J connectivity index is 2.18. The third-order valence-electron chi connectivity index (χ3n) is 3.68. The molecule has 0 amide bonds. The van der Waals surface area contributed by atoms with Gasteiger partial charge >= 0.3 is 0 Å². The van der Waals surface area contributed by atoms with Crippen molar-refractivity contribution in [1.82, 2.24) is 5.32 Å². The Morgan fingerprint density at radius 2 is 1.86 bits per heavy atom. The molecule has 0 aliphatic heterocycles. The van der Waals surface area contributed by atoms with Gasteiger partial charge < -0.3 is 10.1 Å². The highest BCUT2D eigenvalue weighted by Gasteiger charge is 2.07. The monoisotopic (exact) mass is 347 g/mol. The SMILES string of the molecule is CCC(C)c1ccc(Oc2ccc(Br)cc2CNC)cc1. The van der Waals surface area contributed by atoms with Gasteiger partial charge in [0.25, 0.3) is 0 Å². The van der Waals surface area contributed by atoms with Crippen LogP contribution in [-0.4, -0.2) is 7.05 Å². The van der Waals surface area contributed by atoms with Crippen molar-refractivity contribution in [3.05, 3.63) is 58.1 Å². The number of halogens is 1. The van der Waals surface area contributed by atoms with E-state index in [1.807, 2.05) is 31.3 Å². The van der Waals surface area contributed by atoms with E-state index in [0.29, 0.717) is 5.92 Å². The average Bonchev–Trinajstić information content (AvgIpc) is 2.50. The van der Waals surface area contributed by atoms with E-state index in [2.05, 4.69) is 53.3 Å². The van der Waals surface area contributed by atoms with Gasteiger partial charge in [0.1, 0.15) is 11.5 Å². The first-order chi connectivity index (χ1) is 10.1. The molecular formula is C18H22BrNO. The fourth-order valence-corrected chi connectivity index (χ4v) is 2.61. The van der Waals surface area contributed by atoms with Crippen molar-refractivity contribution >= 4 is 15.9 Å². The van der Waals surface area contributed by atoms with Gasteiger partial charge in [-0.15, -0.1) is 0 Å². The first-order valence-corrected chi connectivity index (χ1v) is 8.14. The van der Waals surface area contributed by atoms with E-state index in [9.17, 15) is 0 Å². The summed E-state index contributed by atoms with van der Waals surface area (Å²) < 4.78 is 7.09. The molecule has 0 saturated carbocycles. The maximum Gasteiger partial charge on any atom is 0.131 e. The van der Waals surface area contributed by atoms with E-state index in [-0.39, 0.29) is 0 Å². The molecule has 0 fully saturated rings. The van der Waals surface area contributed by atoms with Crippen LogP contribution in [0.15, 0.2) is 46.9 Å². The van der Waals surface area contributed by atoms with Crippen LogP contribution in [0.3, 0.4) is 0 Å². The molecule has 0 aromatic heterocycles. The van der Waals surface area contributed by atoms with Crippen molar-refractivity contribution < 1.29 is 4.74 Å². The Hall–Kier alpha value is -1.32. The van der Waals surface area contributed by atoms with Gasteiger partial charge in [-0.25, -0.2) is 0 Å². The van der Waals surface area contributed by atoms with E-state index in [1.165, 1.54) is 5.56 Å². The zero-order valence-electron chi connectivity index (χ0n) is 12.8. The van der Waals surface area contributed by atoms with Crippen LogP contribution >= 0.6 is 15.9 Å². The summed E-state index contributed by atoms with van der Waals surface area (Å²) in [6.45, 7) is 5.23. The van der Waals surface area contributed by atoms with Crippen molar-refractivity contribution in [1.29, 1.82) is 0 Å². The lowest BCUT2D eigenvalue weighted by atomic mass is 9.99. The van der Waals surface area contributed by atoms with Crippen LogP contribution in [0.1, 0.15) is 37.3 Å². The fourth-order valence-electron chi connectivity index (χ4n) is 2.20. The Morgan fingerprint density at radius 3 is 2.48 bits per heavy atom. The predicted octanol–water partition coefficient (Wildman–Crippen LogP) is 5.47. The van der Waals surface area contributed by atoms with Gasteiger partial charge in [0.2, 0.25) is 0 Å². The smallest absolute Gasteiger partial charge is 0.131 e. The van der Waals surface area contributed by atoms with Crippen LogP contribution in [0, 0.1) is 0 Å². The normalized spacial score (nSPS) is 12.2. The van der Waals surface area contributed by atoms with Crippen LogP contribution in [0.2, 0.25) is 0 Å². The predicted molar refractivity (Wildman–Crippen MR) is 92.1 cm³/mol. The second-order valence-corrected chi connectivity index (χ2v) is 6.18. The van der Waals surface area contributed by atoms with Crippen LogP contribution in [0.4, 0.5) is 0 Å². The second kappa shape index (κ2) is 7.62. The summed E-state index contributed by atoms with van der Waals surface area (Å²) in [6, 6.07) is 14.5. The van der Waals surface area contributed by atoms with E-state index in [1.54, 1.807) is 0 Å². The molecule has 2 rings (SSSR count). The number of benzene rings is 2. The molecule has 0 bridgehead atoms. The number of hydrogen-bond acceptors (Lipinski definition) is 2. The molecule has 0 aliphatic carbocycles. The van der Waals surface area contributed by atoms with E-state index >= 15 is 0 Å². The van der Waals surface area contributed by atoms with Crippen molar-refractivity contribution in [2.45, 2.75) is 32.7 Å². The minimum Gasteiger partial charge on any atom is -0.457 e. The van der Waals surface area contributed by atoms with Crippen LogP contribution in [0.5, 0.6) is 11.5 Å². The molecule has 2 aromatic rings. The van der Waals surface area contributed by atoms with Gasteiger partial charge in [-0.1, -0.05) is 41.9 Å². The van der Waals surface area contributed by atoms with Crippen LogP contribution in [0.25, 0.3) is 0 Å². The van der Waals surface area contributed by atoms with Crippen molar-refractivity contribution in [3.8, 4) is 11.5 Å². The third-order valence-corrected chi connectivity index (χ3v) is 4.17. The van der Waals surface area contributed by atoms with Crippen molar-refractivity contribution in [2.75, 3.05) is 7.05 Å². The lowest BCUT2D eigenvalue weighted by Gasteiger charge is -2.13. The van der Waals surface area contributed by atoms with E-state index in [4.69, 9.17) is 4.74 Å². The van der Waals surface area contributed by atoms with Gasteiger partial charge in [-0.05, 0) is 55.3 Å². The maximum absolute atomic E-state index is 6.02. The molecule has 0 spiro atoms. The minimum atomic E-state index is 0.589. The molecule has 2 aromatic carbocycles. The summed E-state index contributed by atoms with van der Waals surface area (Å²) in [4.78, 5) is 0. The van der Waals surface area contributed by atoms with E-state index in [0.717, 1.165) is 34.5 Å². The van der Waals surface area contributed by atoms with Gasteiger partial charge in [0, 0.05) is 16.6 Å². The Kier molecular flexibility index (Phi) is 5.83. The second-order valence-electron chi connectivity index (χ2n) is 5.26. The Labute approximate surface area is 135 Å². The molecule has 1 N–H and O–H groups in total. The zero-order valence-corrected chi connectivity index (χ0v) is 14.4. The lowest BCUT2D eigenvalue weighted by molar-refractivity contribution is 0.473. The van der Waals surface area contributed by atoms with Crippen molar-refractivity contribution in [2.24, 2.45) is 0 Å². The van der Waals surface area contributed by atoms with Gasteiger partial charge in [0.05, 0.1) is 0 Å². The number of nitrogens with one attached hydrogen (secondary N) is 1. The molecule has 1 unspecified atom stereocenters. The molecule has 0 aliphatic rings. The summed E-state index contributed by atoms with van der Waals surface area (Å²) >= 11 is 3.50. The summed E-state index contributed by atoms with van der Waals surface area (Å²) in [6.07, 6.45) is 1.15. The average molecular weight is 348 g/mol. The summed E-state index contributed by atoms with van der Waals surface area (Å²) in [5, 5.41) is 3.17. The van der Waals surface area contributed by atoms with Gasteiger partial charge in [-0.3, -0.25) is 0 Å². The fraction of sp³-hybridized carbons (Fsp3) is 0.333. The maximum atomic E-state index is 6.02. The zero-order chi connectivity index (χ0) is 15.2. The molecule has 0 saturated heterocycles. The molecule has 112 valence electrons. The molecule has 21 heavy (non-hydrogen) atoms. The van der Waals surface area contributed by atoms with E-state index < -0.39 is 0 Å². The van der Waals surface area contributed by atoms with Crippen molar-refractivity contribution in [3.63, 3.8) is 0 Å². The summed E-state index contributed by atoms with van der Waals surface area (Å²) in [5.41, 5.74) is 2.49. The molecule has 2 nitrogen and oxygen atoms in total. The number of ether oxygens (including phenoxy) is 1. The number of rotatable bonds is 6. The molecule has 0 heterocycles. The Bertz CT molecular complexity index is 580. The highest BCUT2D eigenvalue weighted by atomic mass is 79.9. The first kappa shape index (κ1) is 16.1. The minimum absolute atomic E-state index is 0.589. The largest absolute Gasteiger partial charge is 0.457 e. The first-order valence-electron chi connectivity index (χ1n) is 7.35. The topological polar surface area (TPSA) is 21.3 Å². The van der Waals surface area contributed by atoms with Crippen LogP contribution in [-0.2, 0) is 6.54 Å². The summed E-state index contributed by atoms with van der Waals surface area (Å²) in [5.74, 6) is 2.36. The van der Waals surface area contributed by atoms with Gasteiger partial charge in [-0.2, -0.15) is 0 Å². The quantitative estimate of drug-likeness (QED) is 0.747. The molecule has 3 heteroatoms. The summed E-state index contributed by atoms with van der Waals surface area (Å²) in [7, 11) is 1.94.